The fraction of sp³-hybridized carbons (Fsp3) is 0.286. The molecule has 13 heavy (non-hydrogen) atoms. The van der Waals surface area contributed by atoms with Gasteiger partial charge >= 0.3 is 6.03 Å². The Morgan fingerprint density at radius 3 is 2.62 bits per heavy atom. The molecule has 4 N–H and O–H groups in total. The molecule has 0 fully saturated rings. The van der Waals surface area contributed by atoms with Gasteiger partial charge in [-0.1, -0.05) is 0 Å². The average molecular weight is 185 g/mol. The third kappa shape index (κ3) is 4.57. The minimum atomic E-state index is -0.851. The van der Waals surface area contributed by atoms with E-state index in [0.29, 0.717) is 12.8 Å². The van der Waals surface area contributed by atoms with Crippen LogP contribution in [0.25, 0.3) is 0 Å². The molecule has 0 heterocycles. The molecule has 0 bridgehead atoms. The van der Waals surface area contributed by atoms with Gasteiger partial charge in [0.1, 0.15) is 0 Å². The molecule has 0 unspecified atom stereocenters. The quantitative estimate of drug-likeness (QED) is 0.319. The van der Waals surface area contributed by atoms with Gasteiger partial charge in [0.25, 0.3) is 5.91 Å². The maximum atomic E-state index is 10.7. The molecule has 0 spiro atoms. The lowest BCUT2D eigenvalue weighted by Gasteiger charge is -1.94. The highest BCUT2D eigenvalue weighted by molar-refractivity contribution is 6.12. The number of hydrogen-bond donors (Lipinski definition) is 3. The van der Waals surface area contributed by atoms with Crippen molar-refractivity contribution in [2.24, 2.45) is 10.7 Å². The van der Waals surface area contributed by atoms with Crippen LogP contribution in [0.1, 0.15) is 6.92 Å². The van der Waals surface area contributed by atoms with Crippen LogP contribution < -0.4 is 11.1 Å². The van der Waals surface area contributed by atoms with Crippen LogP contribution in [0.3, 0.4) is 0 Å². The van der Waals surface area contributed by atoms with Gasteiger partial charge in [-0.15, -0.1) is 0 Å². The summed E-state index contributed by atoms with van der Waals surface area (Å²) in [6, 6.07) is -0.594. The first kappa shape index (κ1) is 11.2. The Balaban J connectivity index is 4.25. The van der Waals surface area contributed by atoms with Gasteiger partial charge in [-0.2, -0.15) is 0 Å². The highest BCUT2D eigenvalue weighted by atomic mass is 16.2. The third-order valence-corrected chi connectivity index (χ3v) is 1.07. The molecule has 0 aromatic carbocycles. The van der Waals surface area contributed by atoms with E-state index in [9.17, 15) is 9.59 Å². The SMILES string of the molecule is CCNC(=O)/N=C/C(=C/O)C(N)=O. The number of hydrogen-bond acceptors (Lipinski definition) is 3. The van der Waals surface area contributed by atoms with E-state index < -0.39 is 11.9 Å². The lowest BCUT2D eigenvalue weighted by atomic mass is 10.3. The number of amides is 3. The summed E-state index contributed by atoms with van der Waals surface area (Å²) in [6.45, 7) is 2.16. The van der Waals surface area contributed by atoms with Crippen molar-refractivity contribution in [3.63, 3.8) is 0 Å². The van der Waals surface area contributed by atoms with Gasteiger partial charge < -0.3 is 16.2 Å². The molecule has 6 heteroatoms. The van der Waals surface area contributed by atoms with Crippen LogP contribution in [0, 0.1) is 0 Å². The van der Waals surface area contributed by atoms with E-state index in [0.717, 1.165) is 6.21 Å². The number of nitrogens with one attached hydrogen (secondary N) is 1. The Kier molecular flexibility index (Phi) is 4.94. The summed E-state index contributed by atoms with van der Waals surface area (Å²) >= 11 is 0. The van der Waals surface area contributed by atoms with E-state index in [1.807, 2.05) is 0 Å². The van der Waals surface area contributed by atoms with Crippen LogP contribution in [-0.4, -0.2) is 29.8 Å². The van der Waals surface area contributed by atoms with Gasteiger partial charge in [-0.25, -0.2) is 9.79 Å². The molecule has 0 aliphatic carbocycles. The third-order valence-electron chi connectivity index (χ3n) is 1.07. The number of carbonyl (C=O) groups excluding carboxylic acids is 2. The molecule has 72 valence electrons. The second-order valence-corrected chi connectivity index (χ2v) is 2.04. The lowest BCUT2D eigenvalue weighted by molar-refractivity contribution is -0.114. The van der Waals surface area contributed by atoms with E-state index in [-0.39, 0.29) is 5.57 Å². The summed E-state index contributed by atoms with van der Waals surface area (Å²) in [5.41, 5.74) is 4.59. The summed E-state index contributed by atoms with van der Waals surface area (Å²) in [7, 11) is 0. The first-order chi connectivity index (χ1) is 6.11. The molecule has 0 atom stereocenters. The van der Waals surface area contributed by atoms with E-state index in [1.165, 1.54) is 0 Å². The molecule has 0 saturated carbocycles. The molecule has 0 aliphatic rings. The number of aliphatic imine (C=N–C) groups is 1. The standard InChI is InChI=1S/C7H11N3O3/c1-2-9-7(13)10-3-5(4-11)6(8)12/h3-4,11H,2H2,1H3,(H2,8,12)(H,9,13)/b5-4-,10-3+. The summed E-state index contributed by atoms with van der Waals surface area (Å²) < 4.78 is 0. The van der Waals surface area contributed by atoms with Crippen molar-refractivity contribution in [2.45, 2.75) is 6.92 Å². The highest BCUT2D eigenvalue weighted by Gasteiger charge is 2.01. The number of nitrogens with two attached hydrogens (primary N) is 1. The first-order valence-corrected chi connectivity index (χ1v) is 3.57. The molecule has 3 amide bonds. The molecule has 0 saturated heterocycles. The van der Waals surface area contributed by atoms with Crippen LogP contribution in [0.4, 0.5) is 4.79 Å². The maximum absolute atomic E-state index is 10.7. The zero-order valence-corrected chi connectivity index (χ0v) is 7.15. The van der Waals surface area contributed by atoms with E-state index in [4.69, 9.17) is 10.8 Å². The second-order valence-electron chi connectivity index (χ2n) is 2.04. The van der Waals surface area contributed by atoms with Crippen LogP contribution in [-0.2, 0) is 4.79 Å². The number of primary amides is 1. The van der Waals surface area contributed by atoms with Crippen molar-refractivity contribution in [2.75, 3.05) is 6.54 Å². The zero-order chi connectivity index (χ0) is 10.3. The Hall–Kier alpha value is -1.85. The smallest absolute Gasteiger partial charge is 0.340 e. The Morgan fingerprint density at radius 1 is 1.62 bits per heavy atom. The molecule has 0 radical (unpaired) electrons. The van der Waals surface area contributed by atoms with Crippen molar-refractivity contribution < 1.29 is 14.7 Å². The van der Waals surface area contributed by atoms with Crippen LogP contribution >= 0.6 is 0 Å². The summed E-state index contributed by atoms with van der Waals surface area (Å²) in [5, 5.41) is 10.8. The zero-order valence-electron chi connectivity index (χ0n) is 7.15. The highest BCUT2D eigenvalue weighted by Crippen LogP contribution is 1.86. The number of nitrogens with zero attached hydrogens (tertiary/aromatic N) is 1. The second kappa shape index (κ2) is 5.76. The number of aliphatic hydroxyl groups excluding tert-OH is 1. The Bertz CT molecular complexity index is 258. The topological polar surface area (TPSA) is 105 Å². The van der Waals surface area contributed by atoms with Crippen molar-refractivity contribution in [3.05, 3.63) is 11.8 Å². The summed E-state index contributed by atoms with van der Waals surface area (Å²) in [5.74, 6) is -0.851. The monoisotopic (exact) mass is 185 g/mol. The molecule has 0 aliphatic heterocycles. The molecule has 0 rings (SSSR count). The largest absolute Gasteiger partial charge is 0.515 e. The number of urea groups is 1. The minimum Gasteiger partial charge on any atom is -0.515 e. The Labute approximate surface area is 75.1 Å². The average Bonchev–Trinajstić information content (AvgIpc) is 2.05. The normalized spacial score (nSPS) is 11.6. The summed E-state index contributed by atoms with van der Waals surface area (Å²) in [6.07, 6.45) is 1.39. The van der Waals surface area contributed by atoms with Crippen molar-refractivity contribution in [3.8, 4) is 0 Å². The predicted octanol–water partition coefficient (Wildman–Crippen LogP) is -0.286. The molecule has 6 nitrogen and oxygen atoms in total. The maximum Gasteiger partial charge on any atom is 0.340 e. The molecule has 0 aromatic rings. The number of aliphatic hydroxyl groups is 1. The van der Waals surface area contributed by atoms with Crippen molar-refractivity contribution in [1.29, 1.82) is 0 Å². The van der Waals surface area contributed by atoms with Gasteiger partial charge in [-0.3, -0.25) is 4.79 Å². The van der Waals surface area contributed by atoms with Crippen molar-refractivity contribution in [1.82, 2.24) is 5.32 Å². The van der Waals surface area contributed by atoms with Crippen LogP contribution in [0.5, 0.6) is 0 Å². The van der Waals surface area contributed by atoms with Gasteiger partial charge in [-0.05, 0) is 6.92 Å². The molecule has 0 aromatic heterocycles. The van der Waals surface area contributed by atoms with Crippen LogP contribution in [0.15, 0.2) is 16.8 Å². The van der Waals surface area contributed by atoms with Gasteiger partial charge in [0, 0.05) is 12.8 Å². The first-order valence-electron chi connectivity index (χ1n) is 3.57. The number of rotatable bonds is 3. The van der Waals surface area contributed by atoms with Gasteiger partial charge in [0.2, 0.25) is 0 Å². The van der Waals surface area contributed by atoms with E-state index in [1.54, 1.807) is 6.92 Å². The van der Waals surface area contributed by atoms with Gasteiger partial charge in [0.15, 0.2) is 0 Å². The predicted molar refractivity (Wildman–Crippen MR) is 47.5 cm³/mol. The fourth-order valence-corrected chi connectivity index (χ4v) is 0.486. The molecular weight excluding hydrogens is 174 g/mol. The van der Waals surface area contributed by atoms with E-state index >= 15 is 0 Å². The van der Waals surface area contributed by atoms with E-state index in [2.05, 4.69) is 10.3 Å². The minimum absolute atomic E-state index is 0.230. The lowest BCUT2D eigenvalue weighted by Crippen LogP contribution is -2.20. The van der Waals surface area contributed by atoms with Crippen LogP contribution in [0.2, 0.25) is 0 Å². The Morgan fingerprint density at radius 2 is 2.23 bits per heavy atom. The summed E-state index contributed by atoms with van der Waals surface area (Å²) in [4.78, 5) is 24.5. The van der Waals surface area contributed by atoms with Crippen molar-refractivity contribution >= 4 is 18.2 Å². The number of carbonyl (C=O) groups is 2. The fourth-order valence-electron chi connectivity index (χ4n) is 0.486. The molecular formula is C7H11N3O3. The van der Waals surface area contributed by atoms with Gasteiger partial charge in [0.05, 0.1) is 11.8 Å².